The largest absolute Gasteiger partial charge is 0.506 e. The molecule has 1 aromatic heterocycles. The number of aromatic nitrogens is 2. The van der Waals surface area contributed by atoms with Crippen molar-refractivity contribution in [1.82, 2.24) is 9.97 Å². The number of phenolic OH excluding ortho intramolecular Hbond substituents is 1. The van der Waals surface area contributed by atoms with Gasteiger partial charge in [-0.3, -0.25) is 9.59 Å². The summed E-state index contributed by atoms with van der Waals surface area (Å²) in [4.78, 5) is 31.1. The number of aldehydes is 1. The fourth-order valence-electron chi connectivity index (χ4n) is 2.93. The zero-order chi connectivity index (χ0) is 24.1. The number of aromatic hydroxyl groups is 1. The Morgan fingerprint density at radius 2 is 1.56 bits per heavy atom. The molecule has 0 fully saturated rings. The Kier molecular flexibility index (Phi) is 6.31. The van der Waals surface area contributed by atoms with Crippen LogP contribution in [0.1, 0.15) is 20.7 Å². The fraction of sp³-hybridized carbons (Fsp3) is 0. The van der Waals surface area contributed by atoms with Crippen molar-refractivity contribution >= 4 is 23.6 Å². The van der Waals surface area contributed by atoms with Gasteiger partial charge in [0, 0.05) is 11.4 Å². The Labute approximate surface area is 192 Å². The van der Waals surface area contributed by atoms with Crippen molar-refractivity contribution < 1.29 is 28.6 Å². The van der Waals surface area contributed by atoms with Crippen LogP contribution in [-0.2, 0) is 0 Å². The summed E-state index contributed by atoms with van der Waals surface area (Å²) in [6.45, 7) is 0. The number of nitrogens with two attached hydrogens (primary N) is 1. The number of phenols is 1. The molecule has 3 aromatic carbocycles. The number of nitrogens with zero attached hydrogens (tertiary/aromatic N) is 2. The highest BCUT2D eigenvalue weighted by atomic mass is 19.1. The van der Waals surface area contributed by atoms with Crippen molar-refractivity contribution in [3.63, 3.8) is 0 Å². The topological polar surface area (TPSA) is 137 Å². The number of para-hydroxylation sites is 1. The van der Waals surface area contributed by atoms with Gasteiger partial charge < -0.3 is 25.6 Å². The van der Waals surface area contributed by atoms with Gasteiger partial charge in [-0.15, -0.1) is 0 Å². The van der Waals surface area contributed by atoms with Gasteiger partial charge in [-0.25, -0.2) is 0 Å². The van der Waals surface area contributed by atoms with Crippen LogP contribution in [0.15, 0.2) is 73.1 Å². The molecule has 1 amide bonds. The van der Waals surface area contributed by atoms with Crippen LogP contribution in [-0.4, -0.2) is 27.3 Å². The molecule has 0 radical (unpaired) electrons. The van der Waals surface area contributed by atoms with Crippen LogP contribution in [0, 0.1) is 5.82 Å². The summed E-state index contributed by atoms with van der Waals surface area (Å²) in [5.74, 6) is -2.05. The highest BCUT2D eigenvalue weighted by molar-refractivity contribution is 6.08. The summed E-state index contributed by atoms with van der Waals surface area (Å²) >= 11 is 0. The molecule has 4 N–H and O–H groups in total. The molecular weight excluding hydrogens is 443 g/mol. The summed E-state index contributed by atoms with van der Waals surface area (Å²) in [5.41, 5.74) is 5.74. The van der Waals surface area contributed by atoms with Gasteiger partial charge >= 0.3 is 0 Å². The molecule has 0 spiro atoms. The van der Waals surface area contributed by atoms with Crippen LogP contribution in [0.4, 0.5) is 15.8 Å². The monoisotopic (exact) mass is 460 g/mol. The Morgan fingerprint density at radius 1 is 0.941 bits per heavy atom. The predicted octanol–water partition coefficient (Wildman–Crippen LogP) is 4.55. The number of halogens is 1. The number of carbonyl (C=O) groups is 2. The maximum Gasteiger partial charge on any atom is 0.263 e. The number of hydrogen-bond donors (Lipinski definition) is 3. The molecule has 10 heteroatoms. The lowest BCUT2D eigenvalue weighted by atomic mass is 10.1. The number of nitrogens with one attached hydrogen (secondary N) is 1. The maximum atomic E-state index is 14.7. The van der Waals surface area contributed by atoms with Gasteiger partial charge in [0.1, 0.15) is 23.6 Å². The van der Waals surface area contributed by atoms with Gasteiger partial charge in [0.05, 0.1) is 11.1 Å². The molecule has 4 rings (SSSR count). The van der Waals surface area contributed by atoms with Gasteiger partial charge in [-0.1, -0.05) is 18.2 Å². The lowest BCUT2D eigenvalue weighted by Crippen LogP contribution is -2.13. The quantitative estimate of drug-likeness (QED) is 0.270. The first kappa shape index (κ1) is 22.2. The van der Waals surface area contributed by atoms with E-state index < -0.39 is 17.5 Å². The van der Waals surface area contributed by atoms with Gasteiger partial charge in [-0.05, 0) is 48.5 Å². The molecule has 0 saturated carbocycles. The predicted molar refractivity (Wildman–Crippen MR) is 121 cm³/mol. The van der Waals surface area contributed by atoms with Crippen molar-refractivity contribution in [2.24, 2.45) is 0 Å². The molecule has 0 atom stereocenters. The highest BCUT2D eigenvalue weighted by Crippen LogP contribution is 2.30. The molecule has 0 unspecified atom stereocenters. The molecular formula is C24H17FN4O5. The Balaban J connectivity index is 1.46. The molecule has 0 aliphatic rings. The number of amides is 1. The van der Waals surface area contributed by atoms with Gasteiger partial charge in [-0.2, -0.15) is 14.4 Å². The van der Waals surface area contributed by atoms with E-state index in [1.807, 2.05) is 0 Å². The number of hydrogen-bond acceptors (Lipinski definition) is 8. The zero-order valence-electron chi connectivity index (χ0n) is 17.4. The summed E-state index contributed by atoms with van der Waals surface area (Å²) < 4.78 is 25.6. The SMILES string of the molecule is Nc1ccc(C(=O)Nc2ccc(Oc3ncnc(Oc4ccccc4)c3F)cc2)c(O)c1C=O. The Morgan fingerprint density at radius 3 is 2.18 bits per heavy atom. The first-order chi connectivity index (χ1) is 16.5. The molecule has 4 aromatic rings. The lowest BCUT2D eigenvalue weighted by molar-refractivity contribution is 0.102. The van der Waals surface area contributed by atoms with Crippen LogP contribution < -0.4 is 20.5 Å². The van der Waals surface area contributed by atoms with Crippen molar-refractivity contribution in [2.75, 3.05) is 11.1 Å². The number of benzene rings is 3. The standard InChI is InChI=1S/C24H17FN4O5/c25-20-23(33-15-4-2-1-3-5-15)27-13-28-24(20)34-16-8-6-14(7-9-16)29-22(32)17-10-11-19(26)18(12-30)21(17)31/h1-13,31H,26H2,(H,29,32). The summed E-state index contributed by atoms with van der Waals surface area (Å²) in [6, 6.07) is 17.2. The number of ether oxygens (including phenoxy) is 2. The minimum Gasteiger partial charge on any atom is -0.506 e. The molecule has 34 heavy (non-hydrogen) atoms. The zero-order valence-corrected chi connectivity index (χ0v) is 17.4. The van der Waals surface area contributed by atoms with E-state index in [1.165, 1.54) is 36.4 Å². The van der Waals surface area contributed by atoms with E-state index in [0.29, 0.717) is 17.7 Å². The van der Waals surface area contributed by atoms with E-state index in [0.717, 1.165) is 6.33 Å². The molecule has 9 nitrogen and oxygen atoms in total. The van der Waals surface area contributed by atoms with Crippen molar-refractivity contribution in [3.8, 4) is 29.0 Å². The van der Waals surface area contributed by atoms with E-state index >= 15 is 0 Å². The summed E-state index contributed by atoms with van der Waals surface area (Å²) in [6.07, 6.45) is 1.48. The first-order valence-electron chi connectivity index (χ1n) is 9.85. The van der Waals surface area contributed by atoms with E-state index in [2.05, 4.69) is 15.3 Å². The summed E-state index contributed by atoms with van der Waals surface area (Å²) in [7, 11) is 0. The average molecular weight is 460 g/mol. The second kappa shape index (κ2) is 9.65. The van der Waals surface area contributed by atoms with Crippen molar-refractivity contribution in [3.05, 3.63) is 90.0 Å². The smallest absolute Gasteiger partial charge is 0.263 e. The van der Waals surface area contributed by atoms with Gasteiger partial charge in [0.25, 0.3) is 17.7 Å². The second-order valence-electron chi connectivity index (χ2n) is 6.88. The lowest BCUT2D eigenvalue weighted by Gasteiger charge is -2.11. The molecule has 0 aliphatic carbocycles. The minimum atomic E-state index is -0.881. The van der Waals surface area contributed by atoms with Crippen molar-refractivity contribution in [1.29, 1.82) is 0 Å². The fourth-order valence-corrected chi connectivity index (χ4v) is 2.93. The molecule has 170 valence electrons. The third-order valence-electron chi connectivity index (χ3n) is 4.62. The molecule has 0 saturated heterocycles. The minimum absolute atomic E-state index is 0.0554. The Hall–Kier alpha value is -4.99. The van der Waals surface area contributed by atoms with E-state index in [9.17, 15) is 19.1 Å². The Bertz CT molecular complexity index is 1350. The average Bonchev–Trinajstić information content (AvgIpc) is 2.84. The van der Waals surface area contributed by atoms with Crippen LogP contribution in [0.2, 0.25) is 0 Å². The number of rotatable bonds is 7. The highest BCUT2D eigenvalue weighted by Gasteiger charge is 2.18. The van der Waals surface area contributed by atoms with Crippen molar-refractivity contribution in [2.45, 2.75) is 0 Å². The second-order valence-corrected chi connectivity index (χ2v) is 6.88. The number of carbonyl (C=O) groups excluding carboxylic acids is 2. The molecule has 0 aliphatic heterocycles. The first-order valence-corrected chi connectivity index (χ1v) is 9.85. The third kappa shape index (κ3) is 4.75. The van der Waals surface area contributed by atoms with E-state index in [-0.39, 0.29) is 34.3 Å². The number of nitrogen functional groups attached to an aromatic ring is 1. The van der Waals surface area contributed by atoms with E-state index in [1.54, 1.807) is 30.3 Å². The molecule has 0 bridgehead atoms. The number of anilines is 2. The van der Waals surface area contributed by atoms with Gasteiger partial charge in [0.2, 0.25) is 5.82 Å². The van der Waals surface area contributed by atoms with Crippen LogP contribution in [0.5, 0.6) is 29.0 Å². The maximum absolute atomic E-state index is 14.7. The van der Waals surface area contributed by atoms with Crippen LogP contribution in [0.25, 0.3) is 0 Å². The van der Waals surface area contributed by atoms with E-state index in [4.69, 9.17) is 15.2 Å². The summed E-state index contributed by atoms with van der Waals surface area (Å²) in [5, 5.41) is 12.7. The van der Waals surface area contributed by atoms with Crippen LogP contribution >= 0.6 is 0 Å². The normalized spacial score (nSPS) is 10.4. The van der Waals surface area contributed by atoms with Crippen LogP contribution in [0.3, 0.4) is 0 Å². The molecule has 1 heterocycles. The third-order valence-corrected chi connectivity index (χ3v) is 4.62. The van der Waals surface area contributed by atoms with Gasteiger partial charge in [0.15, 0.2) is 6.29 Å².